The summed E-state index contributed by atoms with van der Waals surface area (Å²) < 4.78 is 1.81. The Kier molecular flexibility index (Phi) is 3.09. The van der Waals surface area contributed by atoms with Gasteiger partial charge in [-0.05, 0) is 36.2 Å². The van der Waals surface area contributed by atoms with Crippen LogP contribution in [0.2, 0.25) is 0 Å². The highest BCUT2D eigenvalue weighted by Crippen LogP contribution is 2.29. The molecule has 0 unspecified atom stereocenters. The third-order valence-electron chi connectivity index (χ3n) is 3.83. The third-order valence-corrected chi connectivity index (χ3v) is 4.69. The zero-order valence-corrected chi connectivity index (χ0v) is 12.7. The van der Waals surface area contributed by atoms with Gasteiger partial charge in [-0.15, -0.1) is 11.3 Å². The standard InChI is InChI=1S/C16H16N4S/c1-20-7-5-14(19-20)16-18-15(10-21-16)12-2-3-13-9-17-6-4-11(13)8-12/h2-3,5,7-8,10,17H,4,6,9H2,1H3. The van der Waals surface area contributed by atoms with Gasteiger partial charge in [0.15, 0.2) is 0 Å². The van der Waals surface area contributed by atoms with Gasteiger partial charge in [-0.1, -0.05) is 12.1 Å². The summed E-state index contributed by atoms with van der Waals surface area (Å²) in [6.07, 6.45) is 3.04. The van der Waals surface area contributed by atoms with E-state index in [2.05, 4.69) is 34.0 Å². The number of benzene rings is 1. The maximum absolute atomic E-state index is 4.74. The quantitative estimate of drug-likeness (QED) is 0.791. The molecule has 0 atom stereocenters. The minimum Gasteiger partial charge on any atom is -0.312 e. The lowest BCUT2D eigenvalue weighted by Gasteiger charge is -2.17. The Morgan fingerprint density at radius 3 is 3.00 bits per heavy atom. The largest absolute Gasteiger partial charge is 0.312 e. The lowest BCUT2D eigenvalue weighted by Crippen LogP contribution is -2.23. The van der Waals surface area contributed by atoms with Crippen molar-refractivity contribution in [1.82, 2.24) is 20.1 Å². The van der Waals surface area contributed by atoms with Gasteiger partial charge in [0.2, 0.25) is 0 Å². The molecule has 0 aliphatic carbocycles. The van der Waals surface area contributed by atoms with Crippen molar-refractivity contribution in [1.29, 1.82) is 0 Å². The number of rotatable bonds is 2. The zero-order valence-electron chi connectivity index (χ0n) is 11.8. The Hall–Kier alpha value is -1.98. The van der Waals surface area contributed by atoms with E-state index in [4.69, 9.17) is 4.98 Å². The van der Waals surface area contributed by atoms with E-state index in [0.717, 1.165) is 35.9 Å². The maximum atomic E-state index is 4.74. The van der Waals surface area contributed by atoms with Crippen LogP contribution in [0.5, 0.6) is 0 Å². The van der Waals surface area contributed by atoms with Crippen LogP contribution >= 0.6 is 11.3 Å². The van der Waals surface area contributed by atoms with E-state index in [1.54, 1.807) is 11.3 Å². The van der Waals surface area contributed by atoms with Crippen LogP contribution in [0.4, 0.5) is 0 Å². The first-order valence-electron chi connectivity index (χ1n) is 7.08. The van der Waals surface area contributed by atoms with Gasteiger partial charge in [0, 0.05) is 30.7 Å². The topological polar surface area (TPSA) is 42.7 Å². The molecule has 1 aliphatic heterocycles. The normalized spacial score (nSPS) is 14.1. The van der Waals surface area contributed by atoms with E-state index >= 15 is 0 Å². The number of aryl methyl sites for hydroxylation is 1. The fraction of sp³-hybridized carbons (Fsp3) is 0.250. The Bertz CT molecular complexity index is 787. The monoisotopic (exact) mass is 296 g/mol. The highest BCUT2D eigenvalue weighted by Gasteiger charge is 2.12. The summed E-state index contributed by atoms with van der Waals surface area (Å²) in [4.78, 5) is 4.74. The molecule has 3 aromatic rings. The predicted molar refractivity (Wildman–Crippen MR) is 85.2 cm³/mol. The van der Waals surface area contributed by atoms with Gasteiger partial charge in [0.25, 0.3) is 0 Å². The summed E-state index contributed by atoms with van der Waals surface area (Å²) in [5, 5.41) is 10.9. The minimum absolute atomic E-state index is 0.941. The Balaban J connectivity index is 1.69. The summed E-state index contributed by atoms with van der Waals surface area (Å²) in [5.74, 6) is 0. The average molecular weight is 296 g/mol. The van der Waals surface area contributed by atoms with Crippen LogP contribution in [-0.2, 0) is 20.0 Å². The fourth-order valence-electron chi connectivity index (χ4n) is 2.69. The smallest absolute Gasteiger partial charge is 0.144 e. The van der Waals surface area contributed by atoms with Crippen LogP contribution in [0.25, 0.3) is 22.0 Å². The molecule has 4 rings (SSSR count). The van der Waals surface area contributed by atoms with E-state index < -0.39 is 0 Å². The van der Waals surface area contributed by atoms with Crippen LogP contribution in [0.1, 0.15) is 11.1 Å². The van der Waals surface area contributed by atoms with Crippen molar-refractivity contribution in [3.63, 3.8) is 0 Å². The molecular formula is C16H16N4S. The number of thiazole rings is 1. The number of nitrogens with zero attached hydrogens (tertiary/aromatic N) is 3. The van der Waals surface area contributed by atoms with Gasteiger partial charge < -0.3 is 5.32 Å². The first-order valence-corrected chi connectivity index (χ1v) is 7.96. The lowest BCUT2D eigenvalue weighted by atomic mass is 9.98. The molecule has 1 N–H and O–H groups in total. The van der Waals surface area contributed by atoms with Crippen LogP contribution in [-0.4, -0.2) is 21.3 Å². The molecule has 21 heavy (non-hydrogen) atoms. The van der Waals surface area contributed by atoms with Crippen LogP contribution in [0.3, 0.4) is 0 Å². The first-order chi connectivity index (χ1) is 10.3. The van der Waals surface area contributed by atoms with E-state index in [1.807, 2.05) is 24.0 Å². The van der Waals surface area contributed by atoms with E-state index in [9.17, 15) is 0 Å². The molecule has 0 saturated heterocycles. The molecule has 1 aromatic carbocycles. The molecular weight excluding hydrogens is 280 g/mol. The zero-order chi connectivity index (χ0) is 14.2. The average Bonchev–Trinajstić information content (AvgIpc) is 3.15. The van der Waals surface area contributed by atoms with Gasteiger partial charge in [-0.3, -0.25) is 4.68 Å². The number of hydrogen-bond acceptors (Lipinski definition) is 4. The van der Waals surface area contributed by atoms with E-state index in [-0.39, 0.29) is 0 Å². The number of nitrogens with one attached hydrogen (secondary N) is 1. The molecule has 5 heteroatoms. The Morgan fingerprint density at radius 1 is 1.19 bits per heavy atom. The number of hydrogen-bond donors (Lipinski definition) is 1. The second-order valence-corrected chi connectivity index (χ2v) is 6.18. The molecule has 0 bridgehead atoms. The summed E-state index contributed by atoms with van der Waals surface area (Å²) in [7, 11) is 1.93. The van der Waals surface area contributed by atoms with E-state index in [1.165, 1.54) is 16.7 Å². The summed E-state index contributed by atoms with van der Waals surface area (Å²) >= 11 is 1.65. The van der Waals surface area contributed by atoms with Gasteiger partial charge in [-0.2, -0.15) is 5.10 Å². The van der Waals surface area contributed by atoms with Gasteiger partial charge in [0.05, 0.1) is 5.69 Å². The van der Waals surface area contributed by atoms with Crippen LogP contribution < -0.4 is 5.32 Å². The summed E-state index contributed by atoms with van der Waals surface area (Å²) in [6.45, 7) is 2.04. The Labute approximate surface area is 127 Å². The first kappa shape index (κ1) is 12.7. The molecule has 3 heterocycles. The van der Waals surface area contributed by atoms with Crippen LogP contribution in [0.15, 0.2) is 35.8 Å². The SMILES string of the molecule is Cn1ccc(-c2nc(-c3ccc4c(c3)CCNC4)cs2)n1. The van der Waals surface area contributed by atoms with Gasteiger partial charge in [-0.25, -0.2) is 4.98 Å². The predicted octanol–water partition coefficient (Wildman–Crippen LogP) is 2.86. The van der Waals surface area contributed by atoms with Gasteiger partial charge in [0.1, 0.15) is 10.7 Å². The third kappa shape index (κ3) is 2.39. The fourth-order valence-corrected chi connectivity index (χ4v) is 3.48. The van der Waals surface area contributed by atoms with Crippen molar-refractivity contribution in [3.05, 3.63) is 47.0 Å². The van der Waals surface area contributed by atoms with E-state index in [0.29, 0.717) is 0 Å². The second-order valence-electron chi connectivity index (χ2n) is 5.32. The highest BCUT2D eigenvalue weighted by molar-refractivity contribution is 7.13. The van der Waals surface area contributed by atoms with Crippen molar-refractivity contribution in [2.24, 2.45) is 7.05 Å². The Morgan fingerprint density at radius 2 is 2.14 bits per heavy atom. The molecule has 0 saturated carbocycles. The maximum Gasteiger partial charge on any atom is 0.144 e. The van der Waals surface area contributed by atoms with Crippen LogP contribution in [0, 0.1) is 0 Å². The highest BCUT2D eigenvalue weighted by atomic mass is 32.1. The molecule has 0 spiro atoms. The molecule has 4 nitrogen and oxygen atoms in total. The number of aromatic nitrogens is 3. The molecule has 0 fully saturated rings. The number of fused-ring (bicyclic) bond motifs is 1. The lowest BCUT2D eigenvalue weighted by molar-refractivity contribution is 0.644. The van der Waals surface area contributed by atoms with Crippen molar-refractivity contribution in [3.8, 4) is 22.0 Å². The van der Waals surface area contributed by atoms with Crippen molar-refractivity contribution in [2.45, 2.75) is 13.0 Å². The molecule has 0 amide bonds. The van der Waals surface area contributed by atoms with Crippen molar-refractivity contribution >= 4 is 11.3 Å². The summed E-state index contributed by atoms with van der Waals surface area (Å²) in [5.41, 5.74) is 6.04. The van der Waals surface area contributed by atoms with Gasteiger partial charge >= 0.3 is 0 Å². The van der Waals surface area contributed by atoms with Crippen molar-refractivity contribution in [2.75, 3.05) is 6.54 Å². The molecule has 106 valence electrons. The summed E-state index contributed by atoms with van der Waals surface area (Å²) in [6, 6.07) is 8.67. The second kappa shape index (κ2) is 5.09. The minimum atomic E-state index is 0.941. The molecule has 0 radical (unpaired) electrons. The van der Waals surface area contributed by atoms with Crippen molar-refractivity contribution < 1.29 is 0 Å². The molecule has 2 aromatic heterocycles. The molecule has 1 aliphatic rings.